The lowest BCUT2D eigenvalue weighted by Crippen LogP contribution is -2.48. The second kappa shape index (κ2) is 4.73. The van der Waals surface area contributed by atoms with E-state index in [9.17, 15) is 4.79 Å². The highest BCUT2D eigenvalue weighted by atomic mass is 16.2. The van der Waals surface area contributed by atoms with E-state index in [4.69, 9.17) is 5.73 Å². The average Bonchev–Trinajstić information content (AvgIpc) is 3.01. The zero-order chi connectivity index (χ0) is 12.5. The summed E-state index contributed by atoms with van der Waals surface area (Å²) in [7, 11) is 0. The van der Waals surface area contributed by atoms with Gasteiger partial charge in [-0.3, -0.25) is 4.79 Å². The first-order chi connectivity index (χ1) is 8.74. The molecule has 3 rings (SSSR count). The summed E-state index contributed by atoms with van der Waals surface area (Å²) >= 11 is 0. The van der Waals surface area contributed by atoms with Crippen molar-refractivity contribution in [3.05, 3.63) is 35.9 Å². The van der Waals surface area contributed by atoms with E-state index in [1.807, 2.05) is 35.2 Å². The quantitative estimate of drug-likeness (QED) is 0.877. The van der Waals surface area contributed by atoms with Crippen LogP contribution in [0.2, 0.25) is 0 Å². The normalized spacial score (nSPS) is 27.5. The van der Waals surface area contributed by atoms with E-state index >= 15 is 0 Å². The van der Waals surface area contributed by atoms with Crippen LogP contribution in [0.3, 0.4) is 0 Å². The number of fused-ring (bicyclic) bond motifs is 2. The molecule has 3 atom stereocenters. The molecule has 1 aliphatic carbocycles. The molecule has 2 bridgehead atoms. The maximum absolute atomic E-state index is 12.3. The van der Waals surface area contributed by atoms with Gasteiger partial charge in [0.15, 0.2) is 0 Å². The molecule has 1 amide bonds. The van der Waals surface area contributed by atoms with Crippen molar-refractivity contribution in [1.82, 2.24) is 4.90 Å². The summed E-state index contributed by atoms with van der Waals surface area (Å²) in [6.45, 7) is 0.936. The third-order valence-electron chi connectivity index (χ3n) is 4.31. The maximum Gasteiger partial charge on any atom is 0.240 e. The van der Waals surface area contributed by atoms with Crippen LogP contribution in [0.1, 0.15) is 24.8 Å². The second-order valence-electron chi connectivity index (χ2n) is 5.62. The summed E-state index contributed by atoms with van der Waals surface area (Å²) < 4.78 is 0. The minimum atomic E-state index is -0.383. The van der Waals surface area contributed by atoms with Crippen LogP contribution in [-0.4, -0.2) is 29.4 Å². The lowest BCUT2D eigenvalue weighted by Gasteiger charge is -2.29. The lowest BCUT2D eigenvalue weighted by atomic mass is 10.0. The van der Waals surface area contributed by atoms with Gasteiger partial charge >= 0.3 is 0 Å². The van der Waals surface area contributed by atoms with Crippen LogP contribution in [0.25, 0.3) is 0 Å². The molecule has 96 valence electrons. The maximum atomic E-state index is 12.3. The SMILES string of the molecule is NC(Cc1ccccc1)C(=O)N1CC2CCC1C2. The van der Waals surface area contributed by atoms with Crippen LogP contribution in [-0.2, 0) is 11.2 Å². The Labute approximate surface area is 108 Å². The molecule has 1 aliphatic heterocycles. The van der Waals surface area contributed by atoms with Gasteiger partial charge in [0.05, 0.1) is 6.04 Å². The van der Waals surface area contributed by atoms with E-state index in [2.05, 4.69) is 0 Å². The van der Waals surface area contributed by atoms with Gasteiger partial charge in [-0.05, 0) is 37.2 Å². The minimum absolute atomic E-state index is 0.144. The van der Waals surface area contributed by atoms with Crippen molar-refractivity contribution in [3.63, 3.8) is 0 Å². The highest BCUT2D eigenvalue weighted by molar-refractivity contribution is 5.82. The molecular weight excluding hydrogens is 224 g/mol. The zero-order valence-electron chi connectivity index (χ0n) is 10.6. The Morgan fingerprint density at radius 3 is 2.72 bits per heavy atom. The molecule has 1 saturated carbocycles. The van der Waals surface area contributed by atoms with E-state index in [0.717, 1.165) is 18.0 Å². The number of nitrogens with zero attached hydrogens (tertiary/aromatic N) is 1. The van der Waals surface area contributed by atoms with E-state index in [1.165, 1.54) is 19.3 Å². The number of carbonyl (C=O) groups is 1. The molecule has 1 heterocycles. The standard InChI is InChI=1S/C15H20N2O/c16-14(9-11-4-2-1-3-5-11)15(18)17-10-12-6-7-13(17)8-12/h1-5,12-14H,6-10,16H2. The number of carbonyl (C=O) groups excluding carboxylic acids is 1. The molecule has 1 aromatic carbocycles. The van der Waals surface area contributed by atoms with Crippen molar-refractivity contribution in [2.24, 2.45) is 11.7 Å². The number of rotatable bonds is 3. The molecular formula is C15H20N2O. The predicted molar refractivity (Wildman–Crippen MR) is 71.0 cm³/mol. The number of hydrogen-bond donors (Lipinski definition) is 1. The summed E-state index contributed by atoms with van der Waals surface area (Å²) in [6, 6.07) is 10.1. The van der Waals surface area contributed by atoms with Gasteiger partial charge in [-0.15, -0.1) is 0 Å². The molecule has 0 radical (unpaired) electrons. The first kappa shape index (κ1) is 11.7. The Morgan fingerprint density at radius 2 is 2.11 bits per heavy atom. The van der Waals surface area contributed by atoms with Crippen LogP contribution in [0, 0.1) is 5.92 Å². The molecule has 3 heteroatoms. The summed E-state index contributed by atoms with van der Waals surface area (Å²) in [5.74, 6) is 0.883. The number of benzene rings is 1. The first-order valence-corrected chi connectivity index (χ1v) is 6.84. The van der Waals surface area contributed by atoms with E-state index in [0.29, 0.717) is 12.5 Å². The lowest BCUT2D eigenvalue weighted by molar-refractivity contribution is -0.134. The number of amides is 1. The molecule has 1 saturated heterocycles. The minimum Gasteiger partial charge on any atom is -0.338 e. The van der Waals surface area contributed by atoms with Gasteiger partial charge in [-0.25, -0.2) is 0 Å². The summed E-state index contributed by atoms with van der Waals surface area (Å²) in [5.41, 5.74) is 7.21. The van der Waals surface area contributed by atoms with E-state index in [1.54, 1.807) is 0 Å². The third kappa shape index (κ3) is 2.15. The fourth-order valence-corrected chi connectivity index (χ4v) is 3.36. The molecule has 3 unspecified atom stereocenters. The molecule has 0 spiro atoms. The third-order valence-corrected chi connectivity index (χ3v) is 4.31. The van der Waals surface area contributed by atoms with Crippen LogP contribution in [0.4, 0.5) is 0 Å². The highest BCUT2D eigenvalue weighted by Crippen LogP contribution is 2.37. The monoisotopic (exact) mass is 244 g/mol. The van der Waals surface area contributed by atoms with Gasteiger partial charge in [-0.1, -0.05) is 30.3 Å². The Hall–Kier alpha value is -1.35. The van der Waals surface area contributed by atoms with Crippen molar-refractivity contribution in [2.45, 2.75) is 37.8 Å². The topological polar surface area (TPSA) is 46.3 Å². The summed E-state index contributed by atoms with van der Waals surface area (Å²) in [5, 5.41) is 0. The smallest absolute Gasteiger partial charge is 0.240 e. The van der Waals surface area contributed by atoms with Crippen molar-refractivity contribution in [1.29, 1.82) is 0 Å². The van der Waals surface area contributed by atoms with E-state index in [-0.39, 0.29) is 11.9 Å². The molecule has 0 aromatic heterocycles. The van der Waals surface area contributed by atoms with Crippen LogP contribution in [0.5, 0.6) is 0 Å². The van der Waals surface area contributed by atoms with Crippen LogP contribution >= 0.6 is 0 Å². The van der Waals surface area contributed by atoms with Crippen LogP contribution < -0.4 is 5.73 Å². The Kier molecular flexibility index (Phi) is 3.08. The summed E-state index contributed by atoms with van der Waals surface area (Å²) in [4.78, 5) is 14.4. The molecule has 2 N–H and O–H groups in total. The molecule has 2 aliphatic rings. The second-order valence-corrected chi connectivity index (χ2v) is 5.62. The fourth-order valence-electron chi connectivity index (χ4n) is 3.36. The van der Waals surface area contributed by atoms with Gasteiger partial charge in [0.25, 0.3) is 0 Å². The Bertz CT molecular complexity index is 431. The van der Waals surface area contributed by atoms with E-state index < -0.39 is 0 Å². The van der Waals surface area contributed by atoms with Crippen LogP contribution in [0.15, 0.2) is 30.3 Å². The Balaban J connectivity index is 1.62. The number of nitrogens with two attached hydrogens (primary N) is 1. The summed E-state index contributed by atoms with van der Waals surface area (Å²) in [6.07, 6.45) is 4.31. The number of likely N-dealkylation sites (tertiary alicyclic amines) is 1. The van der Waals surface area contributed by atoms with Gasteiger partial charge in [0, 0.05) is 12.6 Å². The molecule has 3 nitrogen and oxygen atoms in total. The van der Waals surface area contributed by atoms with Crippen molar-refractivity contribution >= 4 is 5.91 Å². The Morgan fingerprint density at radius 1 is 1.33 bits per heavy atom. The van der Waals surface area contributed by atoms with Gasteiger partial charge in [0.2, 0.25) is 5.91 Å². The first-order valence-electron chi connectivity index (χ1n) is 6.84. The van der Waals surface area contributed by atoms with Gasteiger partial charge < -0.3 is 10.6 Å². The average molecular weight is 244 g/mol. The van der Waals surface area contributed by atoms with Crippen molar-refractivity contribution in [2.75, 3.05) is 6.54 Å². The van der Waals surface area contributed by atoms with Gasteiger partial charge in [-0.2, -0.15) is 0 Å². The fraction of sp³-hybridized carbons (Fsp3) is 0.533. The number of piperidine rings is 1. The molecule has 2 fully saturated rings. The molecule has 18 heavy (non-hydrogen) atoms. The molecule has 1 aromatic rings. The zero-order valence-corrected chi connectivity index (χ0v) is 10.6. The highest BCUT2D eigenvalue weighted by Gasteiger charge is 2.41. The predicted octanol–water partition coefficient (Wildman–Crippen LogP) is 1.57. The van der Waals surface area contributed by atoms with Gasteiger partial charge in [0.1, 0.15) is 0 Å². The van der Waals surface area contributed by atoms with Crippen molar-refractivity contribution < 1.29 is 4.79 Å². The number of hydrogen-bond acceptors (Lipinski definition) is 2. The van der Waals surface area contributed by atoms with Crippen molar-refractivity contribution in [3.8, 4) is 0 Å². The largest absolute Gasteiger partial charge is 0.338 e.